The van der Waals surface area contributed by atoms with E-state index in [0.29, 0.717) is 5.95 Å². The molecule has 4 rings (SSSR count). The maximum Gasteiger partial charge on any atom is 0.227 e. The van der Waals surface area contributed by atoms with Gasteiger partial charge in [0.1, 0.15) is 5.65 Å². The number of benzene rings is 1. The third-order valence-electron chi connectivity index (χ3n) is 3.82. The molecule has 6 heteroatoms. The molecule has 3 aromatic heterocycles. The lowest BCUT2D eigenvalue weighted by atomic mass is 10.1. The first-order chi connectivity index (χ1) is 11.7. The fourth-order valence-corrected chi connectivity index (χ4v) is 2.93. The van der Waals surface area contributed by atoms with Crippen LogP contribution < -0.4 is 5.32 Å². The van der Waals surface area contributed by atoms with Gasteiger partial charge in [-0.05, 0) is 42.8 Å². The molecular weight excluding hydrogens is 366 g/mol. The summed E-state index contributed by atoms with van der Waals surface area (Å²) in [5, 5.41) is 4.29. The molecule has 0 aliphatic carbocycles. The van der Waals surface area contributed by atoms with Crippen molar-refractivity contribution in [3.05, 3.63) is 65.0 Å². The highest BCUT2D eigenvalue weighted by molar-refractivity contribution is 9.10. The van der Waals surface area contributed by atoms with Gasteiger partial charge >= 0.3 is 0 Å². The Morgan fingerprint density at radius 3 is 2.79 bits per heavy atom. The second-order valence-corrected chi connectivity index (χ2v) is 6.31. The second kappa shape index (κ2) is 6.05. The molecule has 0 saturated carbocycles. The van der Waals surface area contributed by atoms with Crippen LogP contribution in [0.25, 0.3) is 22.3 Å². The Labute approximate surface area is 147 Å². The molecule has 0 spiro atoms. The highest BCUT2D eigenvalue weighted by Crippen LogP contribution is 2.27. The third-order valence-corrected chi connectivity index (χ3v) is 4.67. The van der Waals surface area contributed by atoms with Gasteiger partial charge in [-0.2, -0.15) is 0 Å². The number of anilines is 2. The topological polar surface area (TPSA) is 66.5 Å². The number of nitrogens with zero attached hydrogens (tertiary/aromatic N) is 3. The van der Waals surface area contributed by atoms with Crippen LogP contribution in [0.15, 0.2) is 59.5 Å². The summed E-state index contributed by atoms with van der Waals surface area (Å²) in [4.78, 5) is 16.4. The normalized spacial score (nSPS) is 10.9. The van der Waals surface area contributed by atoms with Crippen molar-refractivity contribution in [2.45, 2.75) is 6.92 Å². The molecule has 0 aliphatic heterocycles. The lowest BCUT2D eigenvalue weighted by Gasteiger charge is -2.08. The van der Waals surface area contributed by atoms with Gasteiger partial charge in [-0.25, -0.2) is 15.0 Å². The minimum absolute atomic E-state index is 0.559. The van der Waals surface area contributed by atoms with Gasteiger partial charge in [-0.3, -0.25) is 0 Å². The summed E-state index contributed by atoms with van der Waals surface area (Å²) in [6.07, 6.45) is 5.42. The number of aromatic amines is 1. The molecule has 118 valence electrons. The summed E-state index contributed by atoms with van der Waals surface area (Å²) < 4.78 is 1.05. The number of aromatic nitrogens is 4. The predicted octanol–water partition coefficient (Wildman–Crippen LogP) is 4.83. The van der Waals surface area contributed by atoms with Gasteiger partial charge in [0, 0.05) is 39.7 Å². The van der Waals surface area contributed by atoms with E-state index in [0.717, 1.165) is 32.5 Å². The molecule has 2 N–H and O–H groups in total. The maximum absolute atomic E-state index is 4.64. The van der Waals surface area contributed by atoms with Gasteiger partial charge in [0.2, 0.25) is 5.95 Å². The Balaban J connectivity index is 1.71. The quantitative estimate of drug-likeness (QED) is 0.534. The van der Waals surface area contributed by atoms with Gasteiger partial charge in [-0.15, -0.1) is 0 Å². The van der Waals surface area contributed by atoms with E-state index in [9.17, 15) is 0 Å². The van der Waals surface area contributed by atoms with E-state index in [1.54, 1.807) is 12.4 Å². The molecule has 0 bridgehead atoms. The van der Waals surface area contributed by atoms with E-state index in [-0.39, 0.29) is 0 Å². The van der Waals surface area contributed by atoms with Crippen molar-refractivity contribution in [3.63, 3.8) is 0 Å². The summed E-state index contributed by atoms with van der Waals surface area (Å²) in [5.74, 6) is 0.559. The molecule has 0 atom stereocenters. The highest BCUT2D eigenvalue weighted by atomic mass is 79.9. The minimum Gasteiger partial charge on any atom is -0.346 e. The second-order valence-electron chi connectivity index (χ2n) is 5.45. The first-order valence-electron chi connectivity index (χ1n) is 7.49. The van der Waals surface area contributed by atoms with E-state index in [1.807, 2.05) is 42.6 Å². The molecule has 5 nitrogen and oxygen atoms in total. The number of halogens is 1. The van der Waals surface area contributed by atoms with E-state index in [4.69, 9.17) is 0 Å². The fourth-order valence-electron chi connectivity index (χ4n) is 2.55. The van der Waals surface area contributed by atoms with Crippen molar-refractivity contribution in [2.24, 2.45) is 0 Å². The van der Waals surface area contributed by atoms with E-state index in [2.05, 4.69) is 48.1 Å². The maximum atomic E-state index is 4.64. The molecule has 0 unspecified atom stereocenters. The van der Waals surface area contributed by atoms with Crippen LogP contribution in [0, 0.1) is 6.92 Å². The Bertz CT molecular complexity index is 1020. The van der Waals surface area contributed by atoms with Crippen LogP contribution >= 0.6 is 15.9 Å². The van der Waals surface area contributed by atoms with Crippen LogP contribution in [0.2, 0.25) is 0 Å². The van der Waals surface area contributed by atoms with Gasteiger partial charge in [0.05, 0.1) is 5.69 Å². The van der Waals surface area contributed by atoms with E-state index >= 15 is 0 Å². The monoisotopic (exact) mass is 379 g/mol. The van der Waals surface area contributed by atoms with Crippen molar-refractivity contribution >= 4 is 38.6 Å². The average Bonchev–Trinajstić information content (AvgIpc) is 3.07. The third kappa shape index (κ3) is 2.76. The minimum atomic E-state index is 0.559. The molecule has 0 aliphatic rings. The highest BCUT2D eigenvalue weighted by Gasteiger charge is 2.08. The fraction of sp³-hybridized carbons (Fsp3) is 0.0556. The van der Waals surface area contributed by atoms with Crippen LogP contribution in [0.5, 0.6) is 0 Å². The van der Waals surface area contributed by atoms with E-state index < -0.39 is 0 Å². The molecule has 0 fully saturated rings. The Hall–Kier alpha value is -2.73. The largest absolute Gasteiger partial charge is 0.346 e. The number of H-pyrrole nitrogens is 1. The summed E-state index contributed by atoms with van der Waals surface area (Å²) in [5.41, 5.74) is 4.85. The van der Waals surface area contributed by atoms with Crippen LogP contribution in [0.1, 0.15) is 5.56 Å². The number of hydrogen-bond donors (Lipinski definition) is 2. The Kier molecular flexibility index (Phi) is 3.74. The summed E-state index contributed by atoms with van der Waals surface area (Å²) in [6, 6.07) is 11.9. The van der Waals surface area contributed by atoms with Crippen molar-refractivity contribution in [2.75, 3.05) is 5.32 Å². The number of hydrogen-bond acceptors (Lipinski definition) is 4. The molecular formula is C18H14BrN5. The van der Waals surface area contributed by atoms with Gasteiger partial charge in [-0.1, -0.05) is 22.0 Å². The smallest absolute Gasteiger partial charge is 0.227 e. The molecule has 3 heterocycles. The van der Waals surface area contributed by atoms with Crippen LogP contribution in [-0.4, -0.2) is 19.9 Å². The number of nitrogens with one attached hydrogen (secondary N) is 2. The lowest BCUT2D eigenvalue weighted by molar-refractivity contribution is 1.17. The molecule has 1 aromatic carbocycles. The van der Waals surface area contributed by atoms with E-state index in [1.165, 1.54) is 5.56 Å². The predicted molar refractivity (Wildman–Crippen MR) is 99.3 cm³/mol. The molecule has 0 saturated heterocycles. The van der Waals surface area contributed by atoms with Gasteiger partial charge in [0.25, 0.3) is 0 Å². The van der Waals surface area contributed by atoms with Crippen LogP contribution in [-0.2, 0) is 0 Å². The lowest BCUT2D eigenvalue weighted by Crippen LogP contribution is -1.98. The van der Waals surface area contributed by atoms with Crippen LogP contribution in [0.3, 0.4) is 0 Å². The molecule has 0 amide bonds. The molecule has 0 radical (unpaired) electrons. The molecule has 24 heavy (non-hydrogen) atoms. The first-order valence-corrected chi connectivity index (χ1v) is 8.29. The average molecular weight is 380 g/mol. The van der Waals surface area contributed by atoms with Crippen molar-refractivity contribution in [1.82, 2.24) is 19.9 Å². The van der Waals surface area contributed by atoms with Gasteiger partial charge < -0.3 is 10.3 Å². The Morgan fingerprint density at radius 2 is 1.92 bits per heavy atom. The first kappa shape index (κ1) is 14.8. The number of fused-ring (bicyclic) bond motifs is 1. The van der Waals surface area contributed by atoms with Gasteiger partial charge in [0.15, 0.2) is 0 Å². The summed E-state index contributed by atoms with van der Waals surface area (Å²) in [6.45, 7) is 2.05. The van der Waals surface area contributed by atoms with Crippen molar-refractivity contribution in [1.29, 1.82) is 0 Å². The number of pyridine rings is 1. The number of aryl methyl sites for hydroxylation is 1. The van der Waals surface area contributed by atoms with Crippen LogP contribution in [0.4, 0.5) is 11.6 Å². The zero-order valence-electron chi connectivity index (χ0n) is 12.9. The molecule has 4 aromatic rings. The van der Waals surface area contributed by atoms with Crippen molar-refractivity contribution < 1.29 is 0 Å². The zero-order chi connectivity index (χ0) is 16.5. The summed E-state index contributed by atoms with van der Waals surface area (Å²) >= 11 is 3.54. The zero-order valence-corrected chi connectivity index (χ0v) is 14.5. The number of rotatable bonds is 3. The SMILES string of the molecule is Cc1ccc(Nc2nccc(-c3ccnc4[nH]ccc34)n2)cc1Br. The standard InChI is InChI=1S/C18H14BrN5/c1-11-2-3-12(10-15(11)19)23-18-22-9-6-16(24-18)13-4-7-20-17-14(13)5-8-21-17/h2-10H,1H3,(H,20,21)(H,22,23,24). The Morgan fingerprint density at radius 1 is 1.04 bits per heavy atom. The van der Waals surface area contributed by atoms with Crippen molar-refractivity contribution in [3.8, 4) is 11.3 Å². The summed E-state index contributed by atoms with van der Waals surface area (Å²) in [7, 11) is 0.